The highest BCUT2D eigenvalue weighted by atomic mass is 16.5. The SMILES string of the molecule is COc1ccc(/C=C/C(=O)O)c(C2=CCC(C)(C)[C@@H]3CC[C@@H]4[C@]5(CC[C@]6(C)[C@@H]([C@H](C)CCCC(C)C)CC[C@@]46C)C[C@]235)c1OC. The number of hydrogen-bond donors (Lipinski definition) is 1. The fourth-order valence-corrected chi connectivity index (χ4v) is 12.7. The van der Waals surface area contributed by atoms with Gasteiger partial charge in [-0.15, -0.1) is 0 Å². The van der Waals surface area contributed by atoms with Gasteiger partial charge < -0.3 is 14.6 Å². The Hall–Kier alpha value is -2.23. The summed E-state index contributed by atoms with van der Waals surface area (Å²) in [6.07, 6.45) is 20.0. The summed E-state index contributed by atoms with van der Waals surface area (Å²) in [5, 5.41) is 9.59. The summed E-state index contributed by atoms with van der Waals surface area (Å²) < 4.78 is 12.0. The van der Waals surface area contributed by atoms with Crippen molar-refractivity contribution < 1.29 is 19.4 Å². The zero-order chi connectivity index (χ0) is 32.6. The second-order valence-electron chi connectivity index (χ2n) is 17.5. The largest absolute Gasteiger partial charge is 0.493 e. The summed E-state index contributed by atoms with van der Waals surface area (Å²) in [5.74, 6) is 4.27. The second kappa shape index (κ2) is 11.2. The Morgan fingerprint density at radius 2 is 1.69 bits per heavy atom. The van der Waals surface area contributed by atoms with Gasteiger partial charge in [-0.25, -0.2) is 4.79 Å². The van der Waals surface area contributed by atoms with Crippen molar-refractivity contribution in [3.05, 3.63) is 35.4 Å². The van der Waals surface area contributed by atoms with Crippen LogP contribution in [-0.2, 0) is 4.79 Å². The molecule has 0 radical (unpaired) electrons. The summed E-state index contributed by atoms with van der Waals surface area (Å²) in [5.41, 5.74) is 4.77. The molecule has 6 rings (SSSR count). The molecule has 2 spiro atoms. The van der Waals surface area contributed by atoms with Crippen molar-refractivity contribution in [2.75, 3.05) is 14.2 Å². The molecule has 5 aliphatic rings. The molecule has 4 saturated carbocycles. The standard InChI is InChI=1S/C41H60O4/c1-26(2)11-10-12-27(3)29-20-22-39(7)33-17-16-32-37(4,5)21-19-30(41(32)25-40(33,41)24-23-38(29,39)6)35-28(14-18-34(42)43)13-15-31(44-8)36(35)45-9/h13-15,18-19,26-27,29,32-33H,10-12,16-17,20-25H2,1-9H3,(H,42,43)/b18-14+/t27-,29-,32+,33+,38-,39+,40+,41+/m1/s1. The van der Waals surface area contributed by atoms with Crippen molar-refractivity contribution in [3.8, 4) is 11.5 Å². The van der Waals surface area contributed by atoms with Crippen LogP contribution in [0.1, 0.15) is 130 Å². The molecule has 5 aliphatic carbocycles. The monoisotopic (exact) mass is 616 g/mol. The van der Waals surface area contributed by atoms with Gasteiger partial charge in [0.05, 0.1) is 14.2 Å². The van der Waals surface area contributed by atoms with Crippen LogP contribution in [0.3, 0.4) is 0 Å². The zero-order valence-electron chi connectivity index (χ0n) is 29.7. The van der Waals surface area contributed by atoms with Crippen LogP contribution < -0.4 is 9.47 Å². The fraction of sp³-hybridized carbons (Fsp3) is 0.732. The summed E-state index contributed by atoms with van der Waals surface area (Å²) in [7, 11) is 3.43. The number of fused-ring (bicyclic) bond motifs is 2. The molecule has 1 aromatic carbocycles. The minimum Gasteiger partial charge on any atom is -0.493 e. The quantitative estimate of drug-likeness (QED) is 0.266. The number of ether oxygens (including phenoxy) is 2. The number of rotatable bonds is 10. The maximum atomic E-state index is 11.7. The number of allylic oxidation sites excluding steroid dienone is 2. The van der Waals surface area contributed by atoms with E-state index in [1.165, 1.54) is 75.9 Å². The van der Waals surface area contributed by atoms with Crippen LogP contribution >= 0.6 is 0 Å². The molecule has 4 nitrogen and oxygen atoms in total. The van der Waals surface area contributed by atoms with Gasteiger partial charge in [0.2, 0.25) is 0 Å². The predicted octanol–water partition coefficient (Wildman–Crippen LogP) is 10.7. The van der Waals surface area contributed by atoms with E-state index in [4.69, 9.17) is 9.47 Å². The molecule has 1 N–H and O–H groups in total. The summed E-state index contributed by atoms with van der Waals surface area (Å²) >= 11 is 0. The van der Waals surface area contributed by atoms with Crippen molar-refractivity contribution in [3.63, 3.8) is 0 Å². The van der Waals surface area contributed by atoms with Gasteiger partial charge in [0, 0.05) is 17.1 Å². The van der Waals surface area contributed by atoms with Crippen molar-refractivity contribution >= 4 is 17.6 Å². The van der Waals surface area contributed by atoms with Crippen LogP contribution in [0.25, 0.3) is 11.6 Å². The molecular formula is C41H60O4. The number of methoxy groups -OCH3 is 2. The number of carbonyl (C=O) groups is 1. The Labute approximate surface area is 273 Å². The maximum Gasteiger partial charge on any atom is 0.328 e. The van der Waals surface area contributed by atoms with Crippen LogP contribution in [-0.4, -0.2) is 25.3 Å². The van der Waals surface area contributed by atoms with Gasteiger partial charge in [-0.2, -0.15) is 0 Å². The number of carboxylic acid groups (broad SMARTS) is 1. The van der Waals surface area contributed by atoms with E-state index >= 15 is 0 Å². The van der Waals surface area contributed by atoms with E-state index in [1.54, 1.807) is 20.3 Å². The first-order chi connectivity index (χ1) is 21.2. The number of benzene rings is 1. The fourth-order valence-electron chi connectivity index (χ4n) is 12.7. The van der Waals surface area contributed by atoms with E-state index in [1.807, 2.05) is 12.1 Å². The zero-order valence-corrected chi connectivity index (χ0v) is 29.7. The predicted molar refractivity (Wildman–Crippen MR) is 184 cm³/mol. The Kier molecular flexibility index (Phi) is 8.13. The van der Waals surface area contributed by atoms with Crippen LogP contribution in [0.2, 0.25) is 0 Å². The first-order valence-electron chi connectivity index (χ1n) is 18.1. The highest BCUT2D eigenvalue weighted by Gasteiger charge is 2.83. The third-order valence-electron chi connectivity index (χ3n) is 15.0. The molecule has 45 heavy (non-hydrogen) atoms. The van der Waals surface area contributed by atoms with Crippen molar-refractivity contribution in [2.24, 2.45) is 56.7 Å². The number of aliphatic carboxylic acids is 1. The average molecular weight is 617 g/mol. The van der Waals surface area contributed by atoms with E-state index in [9.17, 15) is 9.90 Å². The second-order valence-corrected chi connectivity index (χ2v) is 17.5. The van der Waals surface area contributed by atoms with Crippen molar-refractivity contribution in [2.45, 2.75) is 119 Å². The molecule has 4 fully saturated rings. The van der Waals surface area contributed by atoms with Crippen LogP contribution in [0, 0.1) is 56.7 Å². The minimum atomic E-state index is -0.931. The van der Waals surface area contributed by atoms with Gasteiger partial charge in [-0.05, 0) is 126 Å². The van der Waals surface area contributed by atoms with Gasteiger partial charge in [0.25, 0.3) is 0 Å². The maximum absolute atomic E-state index is 11.7. The lowest BCUT2D eigenvalue weighted by molar-refractivity contribution is -0.131. The number of carboxylic acids is 1. The van der Waals surface area contributed by atoms with Gasteiger partial charge in [-0.1, -0.05) is 79.9 Å². The summed E-state index contributed by atoms with van der Waals surface area (Å²) in [6, 6.07) is 3.95. The molecule has 1 aromatic rings. The molecule has 0 aromatic heterocycles. The molecule has 4 heteroatoms. The van der Waals surface area contributed by atoms with E-state index in [2.05, 4.69) is 54.5 Å². The molecule has 0 saturated heterocycles. The van der Waals surface area contributed by atoms with E-state index in [0.29, 0.717) is 27.9 Å². The Morgan fingerprint density at radius 1 is 0.956 bits per heavy atom. The Balaban J connectivity index is 1.43. The molecule has 0 aliphatic heterocycles. The molecule has 0 heterocycles. The molecule has 0 bridgehead atoms. The van der Waals surface area contributed by atoms with Gasteiger partial charge in [0.1, 0.15) is 0 Å². The first-order valence-corrected chi connectivity index (χ1v) is 18.1. The molecule has 0 amide bonds. The van der Waals surface area contributed by atoms with Gasteiger partial charge in [0.15, 0.2) is 11.5 Å². The normalized spacial score (nSPS) is 38.5. The van der Waals surface area contributed by atoms with E-state index in [-0.39, 0.29) is 10.8 Å². The van der Waals surface area contributed by atoms with Crippen molar-refractivity contribution in [1.82, 2.24) is 0 Å². The minimum absolute atomic E-state index is 0.0917. The van der Waals surface area contributed by atoms with Crippen LogP contribution in [0.4, 0.5) is 0 Å². The molecular weight excluding hydrogens is 556 g/mol. The Morgan fingerprint density at radius 3 is 2.36 bits per heavy atom. The van der Waals surface area contributed by atoms with Crippen LogP contribution in [0.15, 0.2) is 24.3 Å². The lowest BCUT2D eigenvalue weighted by Gasteiger charge is -2.63. The summed E-state index contributed by atoms with van der Waals surface area (Å²) in [6.45, 7) is 17.7. The molecule has 0 unspecified atom stereocenters. The number of hydrogen-bond acceptors (Lipinski definition) is 3. The first kappa shape index (κ1) is 32.7. The molecule has 8 atom stereocenters. The van der Waals surface area contributed by atoms with Gasteiger partial charge in [-0.3, -0.25) is 0 Å². The van der Waals surface area contributed by atoms with Gasteiger partial charge >= 0.3 is 5.97 Å². The average Bonchev–Trinajstić information content (AvgIpc) is 3.58. The lowest BCUT2D eigenvalue weighted by Crippen LogP contribution is -2.56. The third-order valence-corrected chi connectivity index (χ3v) is 15.0. The topological polar surface area (TPSA) is 55.8 Å². The highest BCUT2D eigenvalue weighted by molar-refractivity contribution is 5.91. The van der Waals surface area contributed by atoms with Crippen LogP contribution in [0.5, 0.6) is 11.5 Å². The lowest BCUT2D eigenvalue weighted by atomic mass is 9.41. The van der Waals surface area contributed by atoms with E-state index in [0.717, 1.165) is 47.0 Å². The smallest absolute Gasteiger partial charge is 0.328 e. The van der Waals surface area contributed by atoms with E-state index < -0.39 is 5.97 Å². The highest BCUT2D eigenvalue weighted by Crippen LogP contribution is 2.90. The van der Waals surface area contributed by atoms with Crippen molar-refractivity contribution in [1.29, 1.82) is 0 Å². The Bertz CT molecular complexity index is 1390. The molecule has 248 valence electrons. The summed E-state index contributed by atoms with van der Waals surface area (Å²) in [4.78, 5) is 11.7. The third kappa shape index (κ3) is 4.61.